The number of benzene rings is 1. The van der Waals surface area contributed by atoms with Gasteiger partial charge in [0.1, 0.15) is 12.3 Å². The molecule has 0 heterocycles. The number of aliphatic carboxylic acids is 1. The predicted molar refractivity (Wildman–Crippen MR) is 111 cm³/mol. The monoisotopic (exact) mass is 394 g/mol. The lowest BCUT2D eigenvalue weighted by Crippen LogP contribution is -2.30. The molecule has 1 aliphatic rings. The first kappa shape index (κ1) is 25.7. The molecule has 28 heavy (non-hydrogen) atoms. The lowest BCUT2D eigenvalue weighted by molar-refractivity contribution is -0.138. The van der Waals surface area contributed by atoms with Gasteiger partial charge in [-0.2, -0.15) is 0 Å². The average Bonchev–Trinajstić information content (AvgIpc) is 2.68. The van der Waals surface area contributed by atoms with E-state index in [0.717, 1.165) is 6.29 Å². The van der Waals surface area contributed by atoms with E-state index in [1.807, 2.05) is 0 Å². The van der Waals surface area contributed by atoms with Crippen LogP contribution in [0.25, 0.3) is 0 Å². The highest BCUT2D eigenvalue weighted by atomic mass is 16.4. The van der Waals surface area contributed by atoms with Crippen molar-refractivity contribution in [1.82, 2.24) is 0 Å². The van der Waals surface area contributed by atoms with Crippen molar-refractivity contribution in [3.63, 3.8) is 0 Å². The van der Waals surface area contributed by atoms with Gasteiger partial charge >= 0.3 is 5.97 Å². The Labute approximate surface area is 166 Å². The van der Waals surface area contributed by atoms with Gasteiger partial charge in [0.2, 0.25) is 5.91 Å². The number of carbonyl (C=O) groups excluding carboxylic acids is 2. The molecule has 0 bridgehead atoms. The molecule has 1 amide bonds. The van der Waals surface area contributed by atoms with Crippen LogP contribution in [0.2, 0.25) is 0 Å². The average molecular weight is 395 g/mol. The summed E-state index contributed by atoms with van der Waals surface area (Å²) in [4.78, 5) is 30.9. The minimum Gasteiger partial charge on any atom is -0.480 e. The van der Waals surface area contributed by atoms with Crippen LogP contribution in [0.4, 0.5) is 5.69 Å². The fourth-order valence-electron chi connectivity index (χ4n) is 2.44. The number of anilines is 1. The summed E-state index contributed by atoms with van der Waals surface area (Å²) in [5, 5.41) is 10.8. The van der Waals surface area contributed by atoms with Gasteiger partial charge in [0.25, 0.3) is 0 Å². The topological polar surface area (TPSA) is 162 Å². The number of aldehydes is 1. The summed E-state index contributed by atoms with van der Waals surface area (Å²) >= 11 is 0. The smallest absolute Gasteiger partial charge is 0.320 e. The van der Waals surface area contributed by atoms with E-state index in [0.29, 0.717) is 36.7 Å². The number of amides is 1. The van der Waals surface area contributed by atoms with Crippen molar-refractivity contribution in [2.24, 2.45) is 17.2 Å². The molecule has 0 radical (unpaired) electrons. The van der Waals surface area contributed by atoms with Crippen LogP contribution in [0, 0.1) is 0 Å². The quantitative estimate of drug-likeness (QED) is 0.460. The zero-order chi connectivity index (χ0) is 21.4. The van der Waals surface area contributed by atoms with Crippen molar-refractivity contribution < 1.29 is 19.5 Å². The molecule has 1 fully saturated rings. The lowest BCUT2D eigenvalue weighted by atomic mass is 9.97. The summed E-state index contributed by atoms with van der Waals surface area (Å²) in [6, 6.07) is 6.47. The first-order valence-electron chi connectivity index (χ1n) is 9.57. The molecule has 0 aliphatic heterocycles. The zero-order valence-electron chi connectivity index (χ0n) is 16.6. The van der Waals surface area contributed by atoms with Crippen molar-refractivity contribution in [1.29, 1.82) is 0 Å². The van der Waals surface area contributed by atoms with Gasteiger partial charge in [0.15, 0.2) is 0 Å². The van der Waals surface area contributed by atoms with Crippen molar-refractivity contribution >= 4 is 23.9 Å². The van der Waals surface area contributed by atoms with E-state index in [4.69, 9.17) is 22.3 Å². The van der Waals surface area contributed by atoms with Crippen LogP contribution in [0.3, 0.4) is 0 Å². The summed E-state index contributed by atoms with van der Waals surface area (Å²) in [5.41, 5.74) is 17.2. The number of hydrogen-bond acceptors (Lipinski definition) is 6. The predicted octanol–water partition coefficient (Wildman–Crippen LogP) is 1.87. The molecule has 1 atom stereocenters. The standard InChI is InChI=1S/C9H9NO2.C6H13N.C5H12N2O2/c1-7(12)10-9-4-2-8(6-11)3-5-9;7-6-4-2-1-3-5-6;6-3-1-2-4(7)5(8)9/h2-6H,1H3,(H,10,12);6H,1-5,7H2;4H,1-3,6-7H2,(H,8,9)/t;;4-/m..0/s1. The Balaban J connectivity index is 0.000000406. The third-order valence-corrected chi connectivity index (χ3v) is 4.05. The van der Waals surface area contributed by atoms with Crippen LogP contribution < -0.4 is 22.5 Å². The second-order valence-electron chi connectivity index (χ2n) is 6.69. The minimum absolute atomic E-state index is 0.117. The van der Waals surface area contributed by atoms with Crippen LogP contribution in [0.5, 0.6) is 0 Å². The van der Waals surface area contributed by atoms with Crippen molar-refractivity contribution in [3.05, 3.63) is 29.8 Å². The molecule has 8 N–H and O–H groups in total. The van der Waals surface area contributed by atoms with Crippen LogP contribution in [0.15, 0.2) is 24.3 Å². The van der Waals surface area contributed by atoms with E-state index < -0.39 is 12.0 Å². The number of carboxylic acids is 1. The Kier molecular flexibility index (Phi) is 14.5. The number of carbonyl (C=O) groups is 3. The van der Waals surface area contributed by atoms with Gasteiger partial charge in [-0.1, -0.05) is 19.3 Å². The Morgan fingerprint density at radius 2 is 1.79 bits per heavy atom. The summed E-state index contributed by atoms with van der Waals surface area (Å²) < 4.78 is 0. The minimum atomic E-state index is -0.955. The second-order valence-corrected chi connectivity index (χ2v) is 6.69. The van der Waals surface area contributed by atoms with Crippen LogP contribution in [0.1, 0.15) is 62.2 Å². The van der Waals surface area contributed by atoms with Gasteiger partial charge < -0.3 is 27.6 Å². The maximum absolute atomic E-state index is 10.6. The van der Waals surface area contributed by atoms with Gasteiger partial charge in [-0.15, -0.1) is 0 Å². The summed E-state index contributed by atoms with van der Waals surface area (Å²) in [7, 11) is 0. The highest BCUT2D eigenvalue weighted by Crippen LogP contribution is 2.14. The van der Waals surface area contributed by atoms with E-state index in [2.05, 4.69) is 5.32 Å². The molecule has 0 spiro atoms. The van der Waals surface area contributed by atoms with Crippen LogP contribution >= 0.6 is 0 Å². The highest BCUT2D eigenvalue weighted by molar-refractivity contribution is 5.89. The molecule has 0 saturated heterocycles. The SMILES string of the molecule is CC(=O)Nc1ccc(C=O)cc1.NC1CCCCC1.NCCC[C@H](N)C(=O)O. The fourth-order valence-corrected chi connectivity index (χ4v) is 2.44. The Morgan fingerprint density at radius 3 is 2.14 bits per heavy atom. The van der Waals surface area contributed by atoms with E-state index in [1.165, 1.54) is 39.0 Å². The van der Waals surface area contributed by atoms with Crippen molar-refractivity contribution in [2.75, 3.05) is 11.9 Å². The van der Waals surface area contributed by atoms with Crippen molar-refractivity contribution in [2.45, 2.75) is 64.0 Å². The lowest BCUT2D eigenvalue weighted by Gasteiger charge is -2.15. The maximum Gasteiger partial charge on any atom is 0.320 e. The molecule has 1 aliphatic carbocycles. The summed E-state index contributed by atoms with van der Waals surface area (Å²) in [6.07, 6.45) is 8.56. The highest BCUT2D eigenvalue weighted by Gasteiger charge is 2.08. The van der Waals surface area contributed by atoms with E-state index in [1.54, 1.807) is 24.3 Å². The van der Waals surface area contributed by atoms with Gasteiger partial charge in [-0.25, -0.2) is 0 Å². The first-order chi connectivity index (χ1) is 13.3. The first-order valence-corrected chi connectivity index (χ1v) is 9.57. The molecule has 8 heteroatoms. The molecule has 1 aromatic rings. The molecule has 2 rings (SSSR count). The summed E-state index contributed by atoms with van der Waals surface area (Å²) in [6.45, 7) is 1.94. The normalized spacial score (nSPS) is 14.4. The number of nitrogens with one attached hydrogen (secondary N) is 1. The van der Waals surface area contributed by atoms with Gasteiger partial charge in [0.05, 0.1) is 0 Å². The molecular formula is C20H34N4O4. The zero-order valence-corrected chi connectivity index (χ0v) is 16.6. The molecule has 1 saturated carbocycles. The molecule has 8 nitrogen and oxygen atoms in total. The molecular weight excluding hydrogens is 360 g/mol. The van der Waals surface area contributed by atoms with Gasteiger partial charge in [-0.3, -0.25) is 14.4 Å². The Morgan fingerprint density at radius 1 is 1.21 bits per heavy atom. The largest absolute Gasteiger partial charge is 0.480 e. The molecule has 158 valence electrons. The molecule has 1 aromatic carbocycles. The number of rotatable bonds is 6. The van der Waals surface area contributed by atoms with Gasteiger partial charge in [0, 0.05) is 24.2 Å². The second kappa shape index (κ2) is 15.7. The Hall–Kier alpha value is -2.29. The number of hydrogen-bond donors (Lipinski definition) is 5. The van der Waals surface area contributed by atoms with E-state index >= 15 is 0 Å². The fraction of sp³-hybridized carbons (Fsp3) is 0.550. The van der Waals surface area contributed by atoms with Crippen LogP contribution in [-0.4, -0.2) is 41.9 Å². The van der Waals surface area contributed by atoms with E-state index in [9.17, 15) is 14.4 Å². The Bertz CT molecular complexity index is 572. The number of carboxylic acid groups (broad SMARTS) is 1. The van der Waals surface area contributed by atoms with Crippen molar-refractivity contribution in [3.8, 4) is 0 Å². The third kappa shape index (κ3) is 13.9. The molecule has 0 aromatic heterocycles. The molecule has 0 unspecified atom stereocenters. The summed E-state index contributed by atoms with van der Waals surface area (Å²) in [5.74, 6) is -1.07. The third-order valence-electron chi connectivity index (χ3n) is 4.05. The van der Waals surface area contributed by atoms with Crippen LogP contribution in [-0.2, 0) is 9.59 Å². The maximum atomic E-state index is 10.6. The number of nitrogens with two attached hydrogens (primary N) is 3. The van der Waals surface area contributed by atoms with E-state index in [-0.39, 0.29) is 5.91 Å². The van der Waals surface area contributed by atoms with Gasteiger partial charge in [-0.05, 0) is 56.5 Å².